The predicted molar refractivity (Wildman–Crippen MR) is 83.5 cm³/mol. The molecule has 0 heterocycles. The van der Waals surface area contributed by atoms with Crippen molar-refractivity contribution in [3.8, 4) is 11.5 Å². The van der Waals surface area contributed by atoms with Gasteiger partial charge >= 0.3 is 0 Å². The lowest BCUT2D eigenvalue weighted by Crippen LogP contribution is -2.37. The van der Waals surface area contributed by atoms with Gasteiger partial charge in [-0.15, -0.1) is 0 Å². The van der Waals surface area contributed by atoms with Crippen LogP contribution in [-0.2, 0) is 4.79 Å². The summed E-state index contributed by atoms with van der Waals surface area (Å²) in [7, 11) is 3.11. The number of nitrogens with one attached hydrogen (secondary N) is 1. The van der Waals surface area contributed by atoms with Crippen LogP contribution in [0.1, 0.15) is 19.8 Å². The number of benzene rings is 1. The second-order valence-electron chi connectivity index (χ2n) is 4.95. The molecule has 2 rings (SSSR count). The first kappa shape index (κ1) is 15.8. The normalized spacial score (nSPS) is 13.7. The average molecular weight is 313 g/mol. The summed E-state index contributed by atoms with van der Waals surface area (Å²) >= 11 is 6.06. The third kappa shape index (κ3) is 3.73. The van der Waals surface area contributed by atoms with Gasteiger partial charge in [0.1, 0.15) is 11.5 Å². The molecule has 1 aliphatic carbocycles. The number of carbonyl (C=O) groups excluding carboxylic acids is 1. The first-order valence-electron chi connectivity index (χ1n) is 7.05. The number of ether oxygens (including phenoxy) is 2. The highest BCUT2D eigenvalue weighted by Crippen LogP contribution is 2.35. The van der Waals surface area contributed by atoms with E-state index in [0.717, 1.165) is 19.4 Å². The van der Waals surface area contributed by atoms with E-state index < -0.39 is 0 Å². The van der Waals surface area contributed by atoms with Gasteiger partial charge in [0.2, 0.25) is 5.91 Å². The van der Waals surface area contributed by atoms with Crippen LogP contribution >= 0.6 is 11.6 Å². The molecule has 1 aromatic rings. The largest absolute Gasteiger partial charge is 0.495 e. The number of hydrogen-bond acceptors (Lipinski definition) is 4. The third-order valence-electron chi connectivity index (χ3n) is 3.55. The Morgan fingerprint density at radius 2 is 2.00 bits per heavy atom. The Morgan fingerprint density at radius 1 is 1.33 bits per heavy atom. The van der Waals surface area contributed by atoms with Crippen LogP contribution in [-0.4, -0.2) is 44.2 Å². The Bertz CT molecular complexity index is 518. The first-order valence-corrected chi connectivity index (χ1v) is 7.43. The molecular weight excluding hydrogens is 292 g/mol. The lowest BCUT2D eigenvalue weighted by molar-refractivity contribution is -0.129. The average Bonchev–Trinajstić information content (AvgIpc) is 3.31. The molecule has 116 valence electrons. The van der Waals surface area contributed by atoms with Gasteiger partial charge in [0.15, 0.2) is 0 Å². The van der Waals surface area contributed by atoms with Crippen LogP contribution in [0, 0.1) is 0 Å². The Labute approximate surface area is 130 Å². The van der Waals surface area contributed by atoms with Crippen molar-refractivity contribution in [2.24, 2.45) is 0 Å². The van der Waals surface area contributed by atoms with E-state index in [2.05, 4.69) is 5.32 Å². The van der Waals surface area contributed by atoms with Gasteiger partial charge < -0.3 is 19.7 Å². The van der Waals surface area contributed by atoms with Gasteiger partial charge in [0, 0.05) is 24.7 Å². The number of methoxy groups -OCH3 is 2. The van der Waals surface area contributed by atoms with Crippen LogP contribution in [0.4, 0.5) is 5.69 Å². The smallest absolute Gasteiger partial charge is 0.242 e. The molecule has 1 saturated carbocycles. The molecule has 0 aliphatic heterocycles. The molecule has 1 N–H and O–H groups in total. The topological polar surface area (TPSA) is 50.8 Å². The maximum atomic E-state index is 12.2. The van der Waals surface area contributed by atoms with E-state index in [9.17, 15) is 4.79 Å². The molecule has 1 amide bonds. The molecule has 0 aromatic heterocycles. The van der Waals surface area contributed by atoms with Gasteiger partial charge in [-0.25, -0.2) is 0 Å². The van der Waals surface area contributed by atoms with E-state index in [1.165, 1.54) is 0 Å². The molecule has 0 saturated heterocycles. The van der Waals surface area contributed by atoms with Crippen molar-refractivity contribution in [2.75, 3.05) is 32.6 Å². The Hall–Kier alpha value is -1.62. The third-order valence-corrected chi connectivity index (χ3v) is 3.85. The van der Waals surface area contributed by atoms with Crippen LogP contribution in [0.2, 0.25) is 5.02 Å². The zero-order valence-electron chi connectivity index (χ0n) is 12.6. The van der Waals surface area contributed by atoms with E-state index in [1.807, 2.05) is 11.8 Å². The van der Waals surface area contributed by atoms with E-state index in [1.54, 1.807) is 26.4 Å². The van der Waals surface area contributed by atoms with Crippen molar-refractivity contribution in [2.45, 2.75) is 25.8 Å². The molecule has 6 heteroatoms. The van der Waals surface area contributed by atoms with E-state index in [4.69, 9.17) is 21.1 Å². The fourth-order valence-electron chi connectivity index (χ4n) is 2.30. The number of likely N-dealkylation sites (N-methyl/N-ethyl adjacent to an activating group) is 1. The minimum absolute atomic E-state index is 0.0935. The van der Waals surface area contributed by atoms with Crippen molar-refractivity contribution in [3.63, 3.8) is 0 Å². The summed E-state index contributed by atoms with van der Waals surface area (Å²) in [6, 6.07) is 3.83. The summed E-state index contributed by atoms with van der Waals surface area (Å²) in [6.45, 7) is 2.97. The maximum Gasteiger partial charge on any atom is 0.242 e. The van der Waals surface area contributed by atoms with Crippen molar-refractivity contribution < 1.29 is 14.3 Å². The Kier molecular flexibility index (Phi) is 5.17. The van der Waals surface area contributed by atoms with Crippen LogP contribution < -0.4 is 14.8 Å². The summed E-state index contributed by atoms with van der Waals surface area (Å²) in [5.74, 6) is 1.22. The molecule has 0 spiro atoms. The molecule has 0 unspecified atom stereocenters. The summed E-state index contributed by atoms with van der Waals surface area (Å²) in [5.41, 5.74) is 0.693. The monoisotopic (exact) mass is 312 g/mol. The van der Waals surface area contributed by atoms with Crippen molar-refractivity contribution in [3.05, 3.63) is 17.2 Å². The van der Waals surface area contributed by atoms with Crippen molar-refractivity contribution >= 4 is 23.2 Å². The number of rotatable bonds is 7. The van der Waals surface area contributed by atoms with E-state index in [-0.39, 0.29) is 12.5 Å². The molecule has 0 bridgehead atoms. The lowest BCUT2D eigenvalue weighted by atomic mass is 10.2. The second-order valence-corrected chi connectivity index (χ2v) is 5.36. The molecule has 1 aliphatic rings. The second kappa shape index (κ2) is 6.89. The van der Waals surface area contributed by atoms with Gasteiger partial charge in [0.05, 0.1) is 31.5 Å². The van der Waals surface area contributed by atoms with Crippen molar-refractivity contribution in [1.29, 1.82) is 0 Å². The van der Waals surface area contributed by atoms with Gasteiger partial charge in [-0.1, -0.05) is 11.6 Å². The summed E-state index contributed by atoms with van der Waals surface area (Å²) in [4.78, 5) is 14.1. The predicted octanol–water partition coefficient (Wildman–Crippen LogP) is 2.78. The Balaban J connectivity index is 2.06. The minimum Gasteiger partial charge on any atom is -0.495 e. The van der Waals surface area contributed by atoms with Gasteiger partial charge in [0.25, 0.3) is 0 Å². The molecule has 5 nitrogen and oxygen atoms in total. The van der Waals surface area contributed by atoms with Crippen LogP contribution in [0.5, 0.6) is 11.5 Å². The van der Waals surface area contributed by atoms with Gasteiger partial charge in [-0.05, 0) is 19.8 Å². The first-order chi connectivity index (χ1) is 10.1. The summed E-state index contributed by atoms with van der Waals surface area (Å²) in [6.07, 6.45) is 2.22. The zero-order chi connectivity index (χ0) is 15.4. The van der Waals surface area contributed by atoms with Crippen molar-refractivity contribution in [1.82, 2.24) is 4.90 Å². The van der Waals surface area contributed by atoms with Crippen LogP contribution in [0.15, 0.2) is 12.1 Å². The highest BCUT2D eigenvalue weighted by molar-refractivity contribution is 6.32. The fraction of sp³-hybridized carbons (Fsp3) is 0.533. The number of halogens is 1. The summed E-state index contributed by atoms with van der Waals surface area (Å²) in [5, 5.41) is 3.58. The fourth-order valence-corrected chi connectivity index (χ4v) is 2.53. The number of nitrogens with zero attached hydrogens (tertiary/aromatic N) is 1. The quantitative estimate of drug-likeness (QED) is 0.841. The molecular formula is C15H21ClN2O3. The number of hydrogen-bond donors (Lipinski definition) is 1. The van der Waals surface area contributed by atoms with Gasteiger partial charge in [-0.3, -0.25) is 4.79 Å². The summed E-state index contributed by atoms with van der Waals surface area (Å²) < 4.78 is 10.5. The van der Waals surface area contributed by atoms with Crippen LogP contribution in [0.3, 0.4) is 0 Å². The maximum absolute atomic E-state index is 12.2. The molecule has 1 fully saturated rings. The zero-order valence-corrected chi connectivity index (χ0v) is 13.4. The lowest BCUT2D eigenvalue weighted by Gasteiger charge is -2.21. The number of amides is 1. The SMILES string of the molecule is CCN(C(=O)CNc1cc(OC)c(Cl)cc1OC)C1CC1. The molecule has 0 atom stereocenters. The minimum atomic E-state index is 0.0935. The standard InChI is InChI=1S/C15H21ClN2O3/c1-4-18(10-5-6-10)15(19)9-17-12-8-13(20-2)11(16)7-14(12)21-3/h7-8,10,17H,4-6,9H2,1-3H3. The Morgan fingerprint density at radius 3 is 2.52 bits per heavy atom. The highest BCUT2D eigenvalue weighted by atomic mass is 35.5. The number of carbonyl (C=O) groups is 1. The van der Waals surface area contributed by atoms with Crippen LogP contribution in [0.25, 0.3) is 0 Å². The highest BCUT2D eigenvalue weighted by Gasteiger charge is 2.31. The van der Waals surface area contributed by atoms with E-state index >= 15 is 0 Å². The number of anilines is 1. The molecule has 0 radical (unpaired) electrons. The van der Waals surface area contributed by atoms with Gasteiger partial charge in [-0.2, -0.15) is 0 Å². The molecule has 1 aromatic carbocycles. The van der Waals surface area contributed by atoms with E-state index in [0.29, 0.717) is 28.3 Å². The molecule has 21 heavy (non-hydrogen) atoms.